The monoisotopic (exact) mass is 252 g/mol. The molecule has 0 heterocycles. The first-order valence-electron chi connectivity index (χ1n) is 5.89. The number of rotatable bonds is 7. The second kappa shape index (κ2) is 7.55. The summed E-state index contributed by atoms with van der Waals surface area (Å²) in [5.74, 6) is 1.54. The Bertz CT molecular complexity index is 394. The molecule has 1 aromatic rings. The van der Waals surface area contributed by atoms with E-state index in [9.17, 15) is 4.79 Å². The minimum atomic E-state index is -0.0284. The van der Waals surface area contributed by atoms with Crippen LogP contribution in [-0.2, 0) is 11.2 Å². The lowest BCUT2D eigenvalue weighted by atomic mass is 10.1. The van der Waals surface area contributed by atoms with E-state index < -0.39 is 0 Å². The van der Waals surface area contributed by atoms with E-state index in [0.29, 0.717) is 25.9 Å². The highest BCUT2D eigenvalue weighted by atomic mass is 16.5. The van der Waals surface area contributed by atoms with Crippen molar-refractivity contribution in [1.82, 2.24) is 5.32 Å². The molecule has 18 heavy (non-hydrogen) atoms. The molecule has 0 radical (unpaired) electrons. The number of nitrogens with two attached hydrogens (primary N) is 1. The standard InChI is InChI=1S/C13H20N2O3/c1-17-11-3-4-12(18-2)10(9-11)6-8-15-13(16)5-7-14/h3-4,9H,5-8,14H2,1-2H3,(H,15,16). The fourth-order valence-electron chi connectivity index (χ4n) is 1.63. The molecule has 5 heteroatoms. The van der Waals surface area contributed by atoms with Crippen molar-refractivity contribution in [3.05, 3.63) is 23.8 Å². The van der Waals surface area contributed by atoms with E-state index in [0.717, 1.165) is 17.1 Å². The number of amides is 1. The Morgan fingerprint density at radius 2 is 2.11 bits per heavy atom. The minimum Gasteiger partial charge on any atom is -0.497 e. The van der Waals surface area contributed by atoms with Crippen LogP contribution in [0.5, 0.6) is 11.5 Å². The Morgan fingerprint density at radius 3 is 2.72 bits per heavy atom. The molecule has 0 atom stereocenters. The van der Waals surface area contributed by atoms with E-state index in [1.165, 1.54) is 0 Å². The van der Waals surface area contributed by atoms with Crippen LogP contribution in [0, 0.1) is 0 Å². The first-order chi connectivity index (χ1) is 8.71. The van der Waals surface area contributed by atoms with Gasteiger partial charge in [-0.3, -0.25) is 4.79 Å². The normalized spacial score (nSPS) is 9.94. The lowest BCUT2D eigenvalue weighted by Gasteiger charge is -2.11. The van der Waals surface area contributed by atoms with E-state index >= 15 is 0 Å². The Morgan fingerprint density at radius 1 is 1.33 bits per heavy atom. The van der Waals surface area contributed by atoms with Crippen molar-refractivity contribution in [2.24, 2.45) is 5.73 Å². The fraction of sp³-hybridized carbons (Fsp3) is 0.462. The van der Waals surface area contributed by atoms with Gasteiger partial charge >= 0.3 is 0 Å². The predicted molar refractivity (Wildman–Crippen MR) is 69.9 cm³/mol. The number of methoxy groups -OCH3 is 2. The zero-order valence-electron chi connectivity index (χ0n) is 10.9. The van der Waals surface area contributed by atoms with E-state index in [1.54, 1.807) is 14.2 Å². The molecule has 0 saturated carbocycles. The van der Waals surface area contributed by atoms with E-state index in [-0.39, 0.29) is 5.91 Å². The van der Waals surface area contributed by atoms with Gasteiger partial charge in [0.25, 0.3) is 0 Å². The summed E-state index contributed by atoms with van der Waals surface area (Å²) in [5.41, 5.74) is 6.30. The molecular weight excluding hydrogens is 232 g/mol. The molecule has 0 aromatic heterocycles. The lowest BCUT2D eigenvalue weighted by Crippen LogP contribution is -2.27. The second-order valence-corrected chi connectivity index (χ2v) is 3.82. The molecule has 0 spiro atoms. The molecule has 1 rings (SSSR count). The third-order valence-corrected chi connectivity index (χ3v) is 2.58. The summed E-state index contributed by atoms with van der Waals surface area (Å²) in [7, 11) is 3.24. The molecule has 0 bridgehead atoms. The van der Waals surface area contributed by atoms with Crippen LogP contribution in [0.1, 0.15) is 12.0 Å². The maximum atomic E-state index is 11.3. The van der Waals surface area contributed by atoms with Crippen molar-refractivity contribution in [2.75, 3.05) is 27.3 Å². The smallest absolute Gasteiger partial charge is 0.221 e. The number of hydrogen-bond acceptors (Lipinski definition) is 4. The largest absolute Gasteiger partial charge is 0.497 e. The topological polar surface area (TPSA) is 73.6 Å². The summed E-state index contributed by atoms with van der Waals surface area (Å²) >= 11 is 0. The Labute approximate surface area is 107 Å². The maximum Gasteiger partial charge on any atom is 0.221 e. The molecule has 0 aliphatic heterocycles. The molecule has 0 aliphatic rings. The summed E-state index contributed by atoms with van der Waals surface area (Å²) in [6.45, 7) is 0.927. The van der Waals surface area contributed by atoms with E-state index in [4.69, 9.17) is 15.2 Å². The first-order valence-corrected chi connectivity index (χ1v) is 5.89. The average Bonchev–Trinajstić information content (AvgIpc) is 2.39. The maximum absolute atomic E-state index is 11.3. The number of carbonyl (C=O) groups excluding carboxylic acids is 1. The quantitative estimate of drug-likeness (QED) is 0.749. The molecule has 0 saturated heterocycles. The summed E-state index contributed by atoms with van der Waals surface area (Å²) in [4.78, 5) is 11.3. The van der Waals surface area contributed by atoms with Crippen LogP contribution in [0.15, 0.2) is 18.2 Å². The van der Waals surface area contributed by atoms with Gasteiger partial charge in [-0.15, -0.1) is 0 Å². The molecule has 100 valence electrons. The molecule has 0 unspecified atom stereocenters. The van der Waals surface area contributed by atoms with Crippen molar-refractivity contribution in [3.63, 3.8) is 0 Å². The van der Waals surface area contributed by atoms with Crippen molar-refractivity contribution >= 4 is 5.91 Å². The van der Waals surface area contributed by atoms with E-state index in [1.807, 2.05) is 18.2 Å². The van der Waals surface area contributed by atoms with Gasteiger partial charge in [-0.25, -0.2) is 0 Å². The van der Waals surface area contributed by atoms with Crippen LogP contribution in [-0.4, -0.2) is 33.2 Å². The lowest BCUT2D eigenvalue weighted by molar-refractivity contribution is -0.120. The Kier molecular flexibility index (Phi) is 6.00. The Balaban J connectivity index is 2.57. The molecular formula is C13H20N2O3. The molecule has 5 nitrogen and oxygen atoms in total. The zero-order chi connectivity index (χ0) is 13.4. The van der Waals surface area contributed by atoms with Crippen molar-refractivity contribution < 1.29 is 14.3 Å². The van der Waals surface area contributed by atoms with Crippen LogP contribution >= 0.6 is 0 Å². The summed E-state index contributed by atoms with van der Waals surface area (Å²) in [6, 6.07) is 5.61. The summed E-state index contributed by atoms with van der Waals surface area (Å²) < 4.78 is 10.4. The van der Waals surface area contributed by atoms with Gasteiger partial charge in [0.1, 0.15) is 11.5 Å². The Hall–Kier alpha value is -1.75. The molecule has 0 fully saturated rings. The van der Waals surface area contributed by atoms with Gasteiger partial charge in [-0.2, -0.15) is 0 Å². The van der Waals surface area contributed by atoms with Crippen molar-refractivity contribution in [1.29, 1.82) is 0 Å². The van der Waals surface area contributed by atoms with Crippen LogP contribution in [0.4, 0.5) is 0 Å². The molecule has 1 aromatic carbocycles. The van der Waals surface area contributed by atoms with Crippen LogP contribution in [0.3, 0.4) is 0 Å². The van der Waals surface area contributed by atoms with Gasteiger partial charge in [0.05, 0.1) is 14.2 Å². The first kappa shape index (κ1) is 14.3. The zero-order valence-corrected chi connectivity index (χ0v) is 10.9. The number of hydrogen-bond donors (Lipinski definition) is 2. The molecule has 1 amide bonds. The third kappa shape index (κ3) is 4.25. The highest BCUT2D eigenvalue weighted by molar-refractivity contribution is 5.76. The fourth-order valence-corrected chi connectivity index (χ4v) is 1.63. The number of benzene rings is 1. The second-order valence-electron chi connectivity index (χ2n) is 3.82. The highest BCUT2D eigenvalue weighted by Crippen LogP contribution is 2.23. The van der Waals surface area contributed by atoms with Crippen LogP contribution < -0.4 is 20.5 Å². The van der Waals surface area contributed by atoms with Gasteiger partial charge < -0.3 is 20.5 Å². The average molecular weight is 252 g/mol. The van der Waals surface area contributed by atoms with Gasteiger partial charge in [0.2, 0.25) is 5.91 Å². The predicted octanol–water partition coefficient (Wildman–Crippen LogP) is 0.711. The van der Waals surface area contributed by atoms with E-state index in [2.05, 4.69) is 5.32 Å². The van der Waals surface area contributed by atoms with Gasteiger partial charge in [0.15, 0.2) is 0 Å². The molecule has 0 aliphatic carbocycles. The van der Waals surface area contributed by atoms with Gasteiger partial charge in [0, 0.05) is 19.5 Å². The minimum absolute atomic E-state index is 0.0284. The van der Waals surface area contributed by atoms with Gasteiger partial charge in [-0.05, 0) is 30.2 Å². The number of carbonyl (C=O) groups is 1. The summed E-state index contributed by atoms with van der Waals surface area (Å²) in [5, 5.41) is 2.81. The number of nitrogens with one attached hydrogen (secondary N) is 1. The van der Waals surface area contributed by atoms with Crippen LogP contribution in [0.25, 0.3) is 0 Å². The SMILES string of the molecule is COc1ccc(OC)c(CCNC(=O)CCN)c1. The van der Waals surface area contributed by atoms with Crippen molar-refractivity contribution in [2.45, 2.75) is 12.8 Å². The molecule has 3 N–H and O–H groups in total. The highest BCUT2D eigenvalue weighted by Gasteiger charge is 2.06. The third-order valence-electron chi connectivity index (χ3n) is 2.58. The van der Waals surface area contributed by atoms with Crippen molar-refractivity contribution in [3.8, 4) is 11.5 Å². The number of ether oxygens (including phenoxy) is 2. The van der Waals surface area contributed by atoms with Crippen LogP contribution in [0.2, 0.25) is 0 Å². The summed E-state index contributed by atoms with van der Waals surface area (Å²) in [6.07, 6.45) is 1.05. The van der Waals surface area contributed by atoms with Gasteiger partial charge in [-0.1, -0.05) is 0 Å².